The van der Waals surface area contributed by atoms with Crippen LogP contribution in [0.2, 0.25) is 5.02 Å². The zero-order valence-electron chi connectivity index (χ0n) is 10.4. The van der Waals surface area contributed by atoms with Crippen molar-refractivity contribution in [2.75, 3.05) is 5.32 Å². The van der Waals surface area contributed by atoms with Gasteiger partial charge in [-0.3, -0.25) is 0 Å². The maximum Gasteiger partial charge on any atom is 0.355 e. The smallest absolute Gasteiger partial charge is 0.355 e. The molecule has 2 rings (SSSR count). The fourth-order valence-electron chi connectivity index (χ4n) is 1.41. The van der Waals surface area contributed by atoms with Gasteiger partial charge in [0.2, 0.25) is 0 Å². The van der Waals surface area contributed by atoms with E-state index in [9.17, 15) is 9.59 Å². The molecule has 21 heavy (non-hydrogen) atoms. The quantitative estimate of drug-likeness (QED) is 0.744. The van der Waals surface area contributed by atoms with Crippen molar-refractivity contribution in [1.82, 2.24) is 10.3 Å². The van der Waals surface area contributed by atoms with Crippen LogP contribution in [0.25, 0.3) is 0 Å². The molecule has 2 aromatic rings. The van der Waals surface area contributed by atoms with Crippen LogP contribution in [0, 0.1) is 0 Å². The molecule has 1 aromatic heterocycles. The molecule has 110 valence electrons. The zero-order valence-corrected chi connectivity index (χ0v) is 13.6. The van der Waals surface area contributed by atoms with Gasteiger partial charge >= 0.3 is 12.0 Å². The first-order valence-corrected chi connectivity index (χ1v) is 7.68. The number of nitrogens with one attached hydrogen (secondary N) is 2. The molecule has 0 aliphatic carbocycles. The highest BCUT2D eigenvalue weighted by molar-refractivity contribution is 9.10. The number of anilines is 1. The van der Waals surface area contributed by atoms with E-state index < -0.39 is 12.0 Å². The largest absolute Gasteiger partial charge is 0.476 e. The fraction of sp³-hybridized carbons (Fsp3) is 0.0833. The molecule has 6 nitrogen and oxygen atoms in total. The lowest BCUT2D eigenvalue weighted by Crippen LogP contribution is -2.28. The van der Waals surface area contributed by atoms with Crippen molar-refractivity contribution in [3.8, 4) is 0 Å². The van der Waals surface area contributed by atoms with Crippen LogP contribution in [0.3, 0.4) is 0 Å². The van der Waals surface area contributed by atoms with Crippen LogP contribution in [0.15, 0.2) is 28.1 Å². The topological polar surface area (TPSA) is 91.3 Å². The number of aromatic carboxylic acids is 1. The van der Waals surface area contributed by atoms with Gasteiger partial charge in [-0.05, 0) is 34.1 Å². The van der Waals surface area contributed by atoms with E-state index in [-0.39, 0.29) is 12.2 Å². The molecule has 0 saturated heterocycles. The second-order valence-corrected chi connectivity index (χ2v) is 6.10. The normalized spacial score (nSPS) is 10.2. The number of halogens is 2. The third-order valence-corrected chi connectivity index (χ3v) is 4.12. The van der Waals surface area contributed by atoms with E-state index in [2.05, 4.69) is 31.5 Å². The van der Waals surface area contributed by atoms with Crippen LogP contribution < -0.4 is 10.6 Å². The molecule has 0 saturated carbocycles. The Hall–Kier alpha value is -1.64. The number of carbonyl (C=O) groups is 2. The molecule has 0 bridgehead atoms. The van der Waals surface area contributed by atoms with Crippen LogP contribution in [0.4, 0.5) is 10.5 Å². The van der Waals surface area contributed by atoms with Gasteiger partial charge < -0.3 is 15.7 Å². The molecule has 0 atom stereocenters. The lowest BCUT2D eigenvalue weighted by molar-refractivity contribution is 0.0691. The lowest BCUT2D eigenvalue weighted by atomic mass is 10.3. The van der Waals surface area contributed by atoms with Gasteiger partial charge in [0.15, 0.2) is 5.69 Å². The van der Waals surface area contributed by atoms with Gasteiger partial charge in [0, 0.05) is 14.9 Å². The molecular formula is C12H9BrClN3O3S. The van der Waals surface area contributed by atoms with E-state index in [1.165, 1.54) is 16.7 Å². The fourth-order valence-corrected chi connectivity index (χ4v) is 2.63. The average Bonchev–Trinajstić information content (AvgIpc) is 2.90. The number of aromatic nitrogens is 1. The highest BCUT2D eigenvalue weighted by atomic mass is 79.9. The Balaban J connectivity index is 1.92. The van der Waals surface area contributed by atoms with E-state index >= 15 is 0 Å². The molecular weight excluding hydrogens is 382 g/mol. The molecule has 0 aliphatic rings. The second-order valence-electron chi connectivity index (χ2n) is 3.86. The molecule has 2 amide bonds. The Morgan fingerprint density at radius 3 is 2.86 bits per heavy atom. The summed E-state index contributed by atoms with van der Waals surface area (Å²) in [6.45, 7) is 0.141. The van der Waals surface area contributed by atoms with Gasteiger partial charge in [0.1, 0.15) is 5.01 Å². The van der Waals surface area contributed by atoms with Crippen LogP contribution >= 0.6 is 38.9 Å². The summed E-state index contributed by atoms with van der Waals surface area (Å²) < 4.78 is 0.699. The van der Waals surface area contributed by atoms with Gasteiger partial charge in [-0.25, -0.2) is 14.6 Å². The maximum atomic E-state index is 11.8. The summed E-state index contributed by atoms with van der Waals surface area (Å²) in [5, 5.41) is 16.4. The second kappa shape index (κ2) is 6.88. The third-order valence-electron chi connectivity index (χ3n) is 2.35. The number of rotatable bonds is 4. The molecule has 0 unspecified atom stereocenters. The standard InChI is InChI=1S/C12H9BrClN3O3S/c13-7-2-1-6(14)3-8(7)17-12(20)15-4-10-16-9(5-21-10)11(18)19/h1-3,5H,4H2,(H,18,19)(H2,15,17,20). The molecule has 0 aliphatic heterocycles. The van der Waals surface area contributed by atoms with Crippen LogP contribution in [0.5, 0.6) is 0 Å². The first kappa shape index (κ1) is 15.7. The Bertz CT molecular complexity index is 692. The predicted octanol–water partition coefficient (Wildman–Crippen LogP) is 3.58. The number of hydrogen-bond acceptors (Lipinski definition) is 4. The van der Waals surface area contributed by atoms with Crippen molar-refractivity contribution in [3.05, 3.63) is 43.8 Å². The van der Waals surface area contributed by atoms with E-state index in [1.807, 2.05) is 0 Å². The Morgan fingerprint density at radius 1 is 1.43 bits per heavy atom. The summed E-state index contributed by atoms with van der Waals surface area (Å²) in [6.07, 6.45) is 0. The molecule has 3 N–H and O–H groups in total. The number of amides is 2. The van der Waals surface area contributed by atoms with E-state index in [0.29, 0.717) is 20.2 Å². The van der Waals surface area contributed by atoms with Crippen LogP contribution in [-0.4, -0.2) is 22.1 Å². The predicted molar refractivity (Wildman–Crippen MR) is 84.1 cm³/mol. The molecule has 1 heterocycles. The van der Waals surface area contributed by atoms with Crippen LogP contribution in [0.1, 0.15) is 15.5 Å². The summed E-state index contributed by atoms with van der Waals surface area (Å²) in [6, 6.07) is 4.58. The number of carbonyl (C=O) groups excluding carboxylic acids is 1. The molecule has 9 heteroatoms. The minimum absolute atomic E-state index is 0.0326. The van der Waals surface area contributed by atoms with Crippen molar-refractivity contribution in [1.29, 1.82) is 0 Å². The zero-order chi connectivity index (χ0) is 15.4. The van der Waals surface area contributed by atoms with E-state index in [0.717, 1.165) is 0 Å². The third kappa shape index (κ3) is 4.42. The highest BCUT2D eigenvalue weighted by Gasteiger charge is 2.10. The first-order chi connectivity index (χ1) is 9.95. The van der Waals surface area contributed by atoms with E-state index in [4.69, 9.17) is 16.7 Å². The Kier molecular flexibility index (Phi) is 5.16. The average molecular weight is 391 g/mol. The number of carboxylic acids is 1. The molecule has 0 spiro atoms. The van der Waals surface area contributed by atoms with Crippen LogP contribution in [-0.2, 0) is 6.54 Å². The summed E-state index contributed by atoms with van der Waals surface area (Å²) in [4.78, 5) is 26.3. The number of thiazole rings is 1. The van der Waals surface area contributed by atoms with E-state index in [1.54, 1.807) is 18.2 Å². The van der Waals surface area contributed by atoms with Gasteiger partial charge in [0.25, 0.3) is 0 Å². The Labute approximate surface area is 137 Å². The first-order valence-electron chi connectivity index (χ1n) is 5.63. The lowest BCUT2D eigenvalue weighted by Gasteiger charge is -2.08. The molecule has 1 aromatic carbocycles. The minimum atomic E-state index is -1.09. The molecule has 0 radical (unpaired) electrons. The van der Waals surface area contributed by atoms with Crippen molar-refractivity contribution in [2.45, 2.75) is 6.54 Å². The number of urea groups is 1. The van der Waals surface area contributed by atoms with Gasteiger partial charge in [0.05, 0.1) is 12.2 Å². The molecule has 0 fully saturated rings. The summed E-state index contributed by atoms with van der Waals surface area (Å²) in [5.41, 5.74) is 0.500. The van der Waals surface area contributed by atoms with Gasteiger partial charge in [-0.15, -0.1) is 11.3 Å². The number of nitrogens with zero attached hydrogens (tertiary/aromatic N) is 1. The minimum Gasteiger partial charge on any atom is -0.476 e. The van der Waals surface area contributed by atoms with Crippen molar-refractivity contribution < 1.29 is 14.7 Å². The van der Waals surface area contributed by atoms with Crippen molar-refractivity contribution in [2.24, 2.45) is 0 Å². The number of hydrogen-bond donors (Lipinski definition) is 3. The number of benzene rings is 1. The van der Waals surface area contributed by atoms with Crippen molar-refractivity contribution >= 4 is 56.6 Å². The highest BCUT2D eigenvalue weighted by Crippen LogP contribution is 2.25. The van der Waals surface area contributed by atoms with Gasteiger partial charge in [-0.1, -0.05) is 11.6 Å². The SMILES string of the molecule is O=C(NCc1nc(C(=O)O)cs1)Nc1cc(Cl)ccc1Br. The monoisotopic (exact) mass is 389 g/mol. The van der Waals surface area contributed by atoms with Gasteiger partial charge in [-0.2, -0.15) is 0 Å². The van der Waals surface area contributed by atoms with Crippen molar-refractivity contribution in [3.63, 3.8) is 0 Å². The maximum absolute atomic E-state index is 11.8. The summed E-state index contributed by atoms with van der Waals surface area (Å²) in [5.74, 6) is -1.09. The number of carboxylic acid groups (broad SMARTS) is 1. The summed E-state index contributed by atoms with van der Waals surface area (Å²) >= 11 is 10.3. The Morgan fingerprint density at radius 2 is 2.19 bits per heavy atom. The summed E-state index contributed by atoms with van der Waals surface area (Å²) in [7, 11) is 0.